The van der Waals surface area contributed by atoms with Crippen LogP contribution in [0.2, 0.25) is 0 Å². The number of furan rings is 1. The topological polar surface area (TPSA) is 62.5 Å². The van der Waals surface area contributed by atoms with E-state index in [1.54, 1.807) is 12.1 Å². The van der Waals surface area contributed by atoms with Gasteiger partial charge in [0.05, 0.1) is 18.4 Å². The van der Waals surface area contributed by atoms with E-state index in [1.807, 2.05) is 0 Å². The Labute approximate surface area is 115 Å². The maximum atomic E-state index is 13.7. The fourth-order valence-corrected chi connectivity index (χ4v) is 1.58. The molecule has 1 amide bonds. The predicted molar refractivity (Wildman–Crippen MR) is 70.2 cm³/mol. The summed E-state index contributed by atoms with van der Waals surface area (Å²) in [6.07, 6.45) is 1.51. The quantitative estimate of drug-likeness (QED) is 0.837. The zero-order valence-corrected chi connectivity index (χ0v) is 10.5. The Balaban J connectivity index is 2.05. The van der Waals surface area contributed by atoms with E-state index in [4.69, 9.17) is 9.52 Å². The Morgan fingerprint density at radius 3 is 2.90 bits per heavy atom. The molecule has 5 heteroatoms. The number of amides is 1. The van der Waals surface area contributed by atoms with Gasteiger partial charge in [0, 0.05) is 5.56 Å². The van der Waals surface area contributed by atoms with Gasteiger partial charge >= 0.3 is 0 Å². The molecule has 4 nitrogen and oxygen atoms in total. The molecule has 0 saturated carbocycles. The molecule has 0 unspecified atom stereocenters. The Kier molecular flexibility index (Phi) is 4.53. The smallest absolute Gasteiger partial charge is 0.251 e. The lowest BCUT2D eigenvalue weighted by Gasteiger charge is -2.04. The molecule has 0 saturated heterocycles. The van der Waals surface area contributed by atoms with Crippen LogP contribution in [0.1, 0.15) is 21.7 Å². The number of hydrogen-bond acceptors (Lipinski definition) is 3. The Bertz CT molecular complexity index is 653. The van der Waals surface area contributed by atoms with Gasteiger partial charge in [-0.2, -0.15) is 0 Å². The van der Waals surface area contributed by atoms with Crippen molar-refractivity contribution in [3.8, 4) is 11.8 Å². The molecule has 0 atom stereocenters. The second-order valence-corrected chi connectivity index (χ2v) is 3.92. The average Bonchev–Trinajstić information content (AvgIpc) is 2.96. The second-order valence-electron chi connectivity index (χ2n) is 3.92. The lowest BCUT2D eigenvalue weighted by atomic mass is 10.1. The zero-order valence-electron chi connectivity index (χ0n) is 10.5. The molecule has 0 fully saturated rings. The van der Waals surface area contributed by atoms with Crippen LogP contribution in [0.4, 0.5) is 4.39 Å². The van der Waals surface area contributed by atoms with Crippen LogP contribution >= 0.6 is 0 Å². The van der Waals surface area contributed by atoms with Gasteiger partial charge in [0.1, 0.15) is 18.2 Å². The van der Waals surface area contributed by atoms with Gasteiger partial charge in [-0.1, -0.05) is 11.8 Å². The summed E-state index contributed by atoms with van der Waals surface area (Å²) in [5.41, 5.74) is 0.338. The molecule has 0 aliphatic carbocycles. The van der Waals surface area contributed by atoms with Gasteiger partial charge in [0.2, 0.25) is 0 Å². The summed E-state index contributed by atoms with van der Waals surface area (Å²) in [5.74, 6) is 4.43. The molecule has 102 valence electrons. The number of hydrogen-bond donors (Lipinski definition) is 2. The number of aliphatic hydroxyl groups excluding tert-OH is 1. The molecule has 0 aliphatic rings. The van der Waals surface area contributed by atoms with Gasteiger partial charge in [-0.05, 0) is 30.3 Å². The number of benzene rings is 1. The fraction of sp³-hybridized carbons (Fsp3) is 0.133. The summed E-state index contributed by atoms with van der Waals surface area (Å²) in [4.78, 5) is 11.8. The van der Waals surface area contributed by atoms with Crippen molar-refractivity contribution in [3.63, 3.8) is 0 Å². The van der Waals surface area contributed by atoms with E-state index in [1.165, 1.54) is 18.4 Å². The van der Waals surface area contributed by atoms with Crippen LogP contribution in [0.3, 0.4) is 0 Å². The van der Waals surface area contributed by atoms with Gasteiger partial charge in [-0.25, -0.2) is 4.39 Å². The number of carbonyl (C=O) groups is 1. The van der Waals surface area contributed by atoms with Crippen molar-refractivity contribution in [3.05, 3.63) is 59.3 Å². The summed E-state index contributed by atoms with van der Waals surface area (Å²) in [6.45, 7) is -0.107. The zero-order chi connectivity index (χ0) is 14.4. The predicted octanol–water partition coefficient (Wildman–Crippen LogP) is 1.69. The number of rotatable bonds is 3. The van der Waals surface area contributed by atoms with Gasteiger partial charge in [-0.3, -0.25) is 4.79 Å². The number of carbonyl (C=O) groups excluding carboxylic acids is 1. The van der Waals surface area contributed by atoms with Gasteiger partial charge in [0.15, 0.2) is 0 Å². The lowest BCUT2D eigenvalue weighted by molar-refractivity contribution is 0.0947. The molecule has 0 bridgehead atoms. The maximum absolute atomic E-state index is 13.7. The van der Waals surface area contributed by atoms with Crippen LogP contribution in [0.5, 0.6) is 0 Å². The van der Waals surface area contributed by atoms with Crippen LogP contribution in [-0.4, -0.2) is 17.6 Å². The van der Waals surface area contributed by atoms with Gasteiger partial charge in [0.25, 0.3) is 5.91 Å². The highest BCUT2D eigenvalue weighted by Crippen LogP contribution is 2.10. The van der Waals surface area contributed by atoms with E-state index < -0.39 is 11.7 Å². The summed E-state index contributed by atoms with van der Waals surface area (Å²) in [5, 5.41) is 11.2. The monoisotopic (exact) mass is 273 g/mol. The van der Waals surface area contributed by atoms with Crippen molar-refractivity contribution in [2.45, 2.75) is 6.54 Å². The van der Waals surface area contributed by atoms with Crippen LogP contribution in [-0.2, 0) is 6.54 Å². The Hall–Kier alpha value is -2.58. The summed E-state index contributed by atoms with van der Waals surface area (Å²) < 4.78 is 18.7. The molecule has 1 heterocycles. The van der Waals surface area contributed by atoms with E-state index >= 15 is 0 Å². The molecule has 20 heavy (non-hydrogen) atoms. The van der Waals surface area contributed by atoms with Crippen LogP contribution in [0.15, 0.2) is 41.0 Å². The molecule has 0 aliphatic heterocycles. The van der Waals surface area contributed by atoms with E-state index in [9.17, 15) is 9.18 Å². The first-order valence-corrected chi connectivity index (χ1v) is 5.90. The lowest BCUT2D eigenvalue weighted by Crippen LogP contribution is -2.22. The van der Waals surface area contributed by atoms with Gasteiger partial charge < -0.3 is 14.8 Å². The molecule has 2 rings (SSSR count). The van der Waals surface area contributed by atoms with E-state index in [0.717, 1.165) is 6.07 Å². The normalized spacial score (nSPS) is 9.70. The third-order valence-corrected chi connectivity index (χ3v) is 2.54. The van der Waals surface area contributed by atoms with Crippen LogP contribution in [0, 0.1) is 17.7 Å². The van der Waals surface area contributed by atoms with Crippen LogP contribution in [0.25, 0.3) is 0 Å². The maximum Gasteiger partial charge on any atom is 0.251 e. The third-order valence-electron chi connectivity index (χ3n) is 2.54. The minimum atomic E-state index is -0.600. The molecule has 0 radical (unpaired) electrons. The van der Waals surface area contributed by atoms with E-state index in [-0.39, 0.29) is 24.3 Å². The molecular formula is C15H12FNO3. The standard InChI is InChI=1S/C15H12FNO3/c16-14-9-12(6-5-11(14)3-1-7-18)15(19)17-10-13-4-2-8-20-13/h2,4-6,8-9,18H,7,10H2,(H,17,19). The van der Waals surface area contributed by atoms with Crippen LogP contribution < -0.4 is 5.32 Å². The number of halogens is 1. The van der Waals surface area contributed by atoms with Crippen molar-refractivity contribution in [2.24, 2.45) is 0 Å². The number of nitrogens with one attached hydrogen (secondary N) is 1. The second kappa shape index (κ2) is 6.55. The van der Waals surface area contributed by atoms with E-state index in [2.05, 4.69) is 17.2 Å². The Morgan fingerprint density at radius 2 is 2.25 bits per heavy atom. The third kappa shape index (κ3) is 3.46. The highest BCUT2D eigenvalue weighted by atomic mass is 19.1. The molecule has 2 N–H and O–H groups in total. The minimum Gasteiger partial charge on any atom is -0.467 e. The summed E-state index contributed by atoms with van der Waals surface area (Å²) in [7, 11) is 0. The molecule has 1 aromatic heterocycles. The summed E-state index contributed by atoms with van der Waals surface area (Å²) in [6, 6.07) is 7.44. The van der Waals surface area contributed by atoms with Crippen molar-refractivity contribution >= 4 is 5.91 Å². The molecular weight excluding hydrogens is 261 g/mol. The largest absolute Gasteiger partial charge is 0.467 e. The van der Waals surface area contributed by atoms with Crippen molar-refractivity contribution < 1.29 is 18.7 Å². The van der Waals surface area contributed by atoms with Crippen molar-refractivity contribution in [1.29, 1.82) is 0 Å². The van der Waals surface area contributed by atoms with Crippen molar-refractivity contribution in [1.82, 2.24) is 5.32 Å². The first-order valence-electron chi connectivity index (χ1n) is 5.90. The SMILES string of the molecule is O=C(NCc1ccco1)c1ccc(C#CCO)c(F)c1. The molecule has 2 aromatic rings. The highest BCUT2D eigenvalue weighted by molar-refractivity contribution is 5.94. The van der Waals surface area contributed by atoms with Gasteiger partial charge in [-0.15, -0.1) is 0 Å². The number of aliphatic hydroxyl groups is 1. The van der Waals surface area contributed by atoms with Crippen molar-refractivity contribution in [2.75, 3.05) is 6.61 Å². The summed E-state index contributed by atoms with van der Waals surface area (Å²) >= 11 is 0. The van der Waals surface area contributed by atoms with E-state index in [0.29, 0.717) is 5.76 Å². The average molecular weight is 273 g/mol. The minimum absolute atomic E-state index is 0.140. The Morgan fingerprint density at radius 1 is 1.40 bits per heavy atom. The first-order chi connectivity index (χ1) is 9.70. The molecule has 0 spiro atoms. The molecule has 1 aromatic carbocycles. The first kappa shape index (κ1) is 13.8. The fourth-order valence-electron chi connectivity index (χ4n) is 1.58. The highest BCUT2D eigenvalue weighted by Gasteiger charge is 2.09.